The van der Waals surface area contributed by atoms with E-state index in [9.17, 15) is 0 Å². The van der Waals surface area contributed by atoms with Crippen molar-refractivity contribution in [3.8, 4) is 11.8 Å². The first-order valence-corrected chi connectivity index (χ1v) is 3.00. The Morgan fingerprint density at radius 1 is 1.56 bits per heavy atom. The molecule has 51 valence electrons. The monoisotopic (exact) mass is 125 g/mol. The lowest BCUT2D eigenvalue weighted by atomic mass is 9.91. The predicted molar refractivity (Wildman–Crippen MR) is 38.1 cm³/mol. The first-order valence-electron chi connectivity index (χ1n) is 3.00. The summed E-state index contributed by atoms with van der Waals surface area (Å²) in [7, 11) is 0. The summed E-state index contributed by atoms with van der Waals surface area (Å²) < 4.78 is 0. The van der Waals surface area contributed by atoms with Crippen molar-refractivity contribution in [2.75, 3.05) is 0 Å². The van der Waals surface area contributed by atoms with Crippen LogP contribution in [0, 0.1) is 23.9 Å². The highest BCUT2D eigenvalue weighted by atomic mass is 16.3. The van der Waals surface area contributed by atoms with Gasteiger partial charge in [-0.05, 0) is 6.92 Å². The Bertz CT molecular complexity index is 125. The van der Waals surface area contributed by atoms with Crippen molar-refractivity contribution in [2.24, 2.45) is 5.41 Å². The molecule has 0 aliphatic carbocycles. The van der Waals surface area contributed by atoms with Crippen molar-refractivity contribution in [2.45, 2.75) is 27.2 Å². The van der Waals surface area contributed by atoms with E-state index in [0.717, 1.165) is 6.42 Å². The molecule has 0 aromatic heterocycles. The van der Waals surface area contributed by atoms with Gasteiger partial charge in [0.2, 0.25) is 0 Å². The molecule has 0 aromatic carbocycles. The van der Waals surface area contributed by atoms with Crippen LogP contribution in [0.5, 0.6) is 0 Å². The molecule has 0 aliphatic rings. The van der Waals surface area contributed by atoms with Crippen molar-refractivity contribution in [1.29, 1.82) is 0 Å². The summed E-state index contributed by atoms with van der Waals surface area (Å²) in [5, 5.41) is 8.63. The third-order valence-corrected chi connectivity index (χ3v) is 1.07. The fraction of sp³-hybridized carbons (Fsp3) is 0.625. The Hall–Kier alpha value is -0.480. The molecule has 0 heterocycles. The van der Waals surface area contributed by atoms with E-state index in [4.69, 9.17) is 5.11 Å². The summed E-state index contributed by atoms with van der Waals surface area (Å²) in [6, 6.07) is 0. The Morgan fingerprint density at radius 3 is 2.44 bits per heavy atom. The van der Waals surface area contributed by atoms with Gasteiger partial charge in [-0.1, -0.05) is 13.8 Å². The smallest absolute Gasteiger partial charge is 0.0864 e. The van der Waals surface area contributed by atoms with Crippen LogP contribution < -0.4 is 0 Å². The van der Waals surface area contributed by atoms with Gasteiger partial charge in [-0.2, -0.15) is 0 Å². The maximum Gasteiger partial charge on any atom is 0.0864 e. The van der Waals surface area contributed by atoms with Crippen LogP contribution in [0.4, 0.5) is 0 Å². The van der Waals surface area contributed by atoms with E-state index in [1.165, 1.54) is 6.61 Å². The normalized spacial score (nSPS) is 10.2. The largest absolute Gasteiger partial charge is 0.390 e. The Balaban J connectivity index is 3.67. The number of aliphatic hydroxyl groups excluding tert-OH is 1. The predicted octanol–water partition coefficient (Wildman–Crippen LogP) is 1.96. The van der Waals surface area contributed by atoms with Gasteiger partial charge in [-0.25, -0.2) is 0 Å². The van der Waals surface area contributed by atoms with E-state index in [-0.39, 0.29) is 5.41 Å². The molecule has 9 heavy (non-hydrogen) atoms. The minimum Gasteiger partial charge on any atom is -0.390 e. The first-order chi connectivity index (χ1) is 4.12. The highest BCUT2D eigenvalue weighted by molar-refractivity contribution is 5.00. The third-order valence-electron chi connectivity index (χ3n) is 1.07. The fourth-order valence-electron chi connectivity index (χ4n) is 0.362. The number of rotatable bonds is 2. The van der Waals surface area contributed by atoms with E-state index in [1.807, 2.05) is 13.8 Å². The Kier molecular flexibility index (Phi) is 3.34. The molecule has 1 heteroatoms. The van der Waals surface area contributed by atoms with Crippen LogP contribution in [0.3, 0.4) is 0 Å². The van der Waals surface area contributed by atoms with Gasteiger partial charge in [0.05, 0.1) is 6.61 Å². The lowest BCUT2D eigenvalue weighted by Crippen LogP contribution is -2.09. The summed E-state index contributed by atoms with van der Waals surface area (Å²) in [6.45, 7) is 6.87. The average molecular weight is 125 g/mol. The third kappa shape index (κ3) is 4.05. The van der Waals surface area contributed by atoms with E-state index < -0.39 is 0 Å². The molecule has 0 saturated carbocycles. The zero-order valence-electron chi connectivity index (χ0n) is 6.23. The van der Waals surface area contributed by atoms with Crippen molar-refractivity contribution in [3.05, 3.63) is 6.61 Å². The summed E-state index contributed by atoms with van der Waals surface area (Å²) in [4.78, 5) is 0. The molecule has 1 nitrogen and oxygen atoms in total. The highest BCUT2D eigenvalue weighted by Gasteiger charge is 2.14. The van der Waals surface area contributed by atoms with Crippen LogP contribution in [0.2, 0.25) is 0 Å². The van der Waals surface area contributed by atoms with Crippen molar-refractivity contribution >= 4 is 0 Å². The van der Waals surface area contributed by atoms with Crippen molar-refractivity contribution in [1.82, 2.24) is 0 Å². The van der Waals surface area contributed by atoms with Gasteiger partial charge in [0.15, 0.2) is 0 Å². The second-order valence-corrected chi connectivity index (χ2v) is 2.72. The van der Waals surface area contributed by atoms with E-state index in [0.29, 0.717) is 0 Å². The van der Waals surface area contributed by atoms with Gasteiger partial charge in [0, 0.05) is 11.8 Å². The summed E-state index contributed by atoms with van der Waals surface area (Å²) in [5.41, 5.74) is -0.150. The summed E-state index contributed by atoms with van der Waals surface area (Å²) >= 11 is 0. The Labute approximate surface area is 57.1 Å². The second-order valence-electron chi connectivity index (χ2n) is 2.72. The molecule has 0 atom stereocenters. The molecule has 0 aromatic rings. The van der Waals surface area contributed by atoms with Gasteiger partial charge in [0.25, 0.3) is 0 Å². The second kappa shape index (κ2) is 3.53. The molecule has 0 rings (SSSR count). The van der Waals surface area contributed by atoms with Crippen LogP contribution in [-0.4, -0.2) is 5.11 Å². The van der Waals surface area contributed by atoms with Crippen LogP contribution >= 0.6 is 0 Å². The highest BCUT2D eigenvalue weighted by Crippen LogP contribution is 2.20. The number of aliphatic hydroxyl groups is 1. The lowest BCUT2D eigenvalue weighted by Gasteiger charge is -2.16. The maximum absolute atomic E-state index is 8.63. The molecule has 0 saturated heterocycles. The quantitative estimate of drug-likeness (QED) is 0.559. The molecule has 0 amide bonds. The van der Waals surface area contributed by atoms with Gasteiger partial charge in [-0.15, -0.1) is 11.8 Å². The average Bonchev–Trinajstić information content (AvgIpc) is 1.84. The zero-order chi connectivity index (χ0) is 7.33. The molecule has 1 N–H and O–H groups in total. The first kappa shape index (κ1) is 8.52. The molecular formula is C8H13O. The maximum atomic E-state index is 8.63. The fourth-order valence-corrected chi connectivity index (χ4v) is 0.362. The van der Waals surface area contributed by atoms with E-state index >= 15 is 0 Å². The van der Waals surface area contributed by atoms with Gasteiger partial charge in [-0.3, -0.25) is 0 Å². The van der Waals surface area contributed by atoms with Crippen LogP contribution in [0.25, 0.3) is 0 Å². The van der Waals surface area contributed by atoms with E-state index in [2.05, 4.69) is 11.8 Å². The van der Waals surface area contributed by atoms with Crippen molar-refractivity contribution < 1.29 is 5.11 Å². The molecule has 0 spiro atoms. The zero-order valence-corrected chi connectivity index (χ0v) is 6.23. The molecule has 0 unspecified atom stereocenters. The van der Waals surface area contributed by atoms with Gasteiger partial charge in [0.1, 0.15) is 0 Å². The van der Waals surface area contributed by atoms with Gasteiger partial charge >= 0.3 is 0 Å². The van der Waals surface area contributed by atoms with Gasteiger partial charge < -0.3 is 5.11 Å². The summed E-state index contributed by atoms with van der Waals surface area (Å²) in [6.07, 6.45) is 0.722. The minimum absolute atomic E-state index is 0.150. The minimum atomic E-state index is -0.150. The standard InChI is InChI=1S/C8H13O/c1-4-5-6-8(2,3)7-9/h7,9H,6H2,1-3H3. The molecular weight excluding hydrogens is 112 g/mol. The van der Waals surface area contributed by atoms with Crippen LogP contribution in [0.1, 0.15) is 27.2 Å². The summed E-state index contributed by atoms with van der Waals surface area (Å²) in [5.74, 6) is 5.68. The molecule has 1 radical (unpaired) electrons. The van der Waals surface area contributed by atoms with E-state index in [1.54, 1.807) is 6.92 Å². The molecule has 0 bridgehead atoms. The molecule has 0 fully saturated rings. The number of hydrogen-bond acceptors (Lipinski definition) is 1. The lowest BCUT2D eigenvalue weighted by molar-refractivity contribution is 0.248. The van der Waals surface area contributed by atoms with Crippen LogP contribution in [0.15, 0.2) is 0 Å². The topological polar surface area (TPSA) is 20.2 Å². The Morgan fingerprint density at radius 2 is 2.11 bits per heavy atom. The number of hydrogen-bond donors (Lipinski definition) is 1. The van der Waals surface area contributed by atoms with Crippen molar-refractivity contribution in [3.63, 3.8) is 0 Å². The van der Waals surface area contributed by atoms with Crippen LogP contribution in [-0.2, 0) is 0 Å². The SMILES string of the molecule is CC#CCC(C)(C)[CH]O. The molecule has 0 aliphatic heterocycles.